The number of anilines is 1. The van der Waals surface area contributed by atoms with Gasteiger partial charge in [0.05, 0.1) is 5.52 Å². The molecule has 0 radical (unpaired) electrons. The molecule has 25 heavy (non-hydrogen) atoms. The normalized spacial score (nSPS) is 18.7. The first kappa shape index (κ1) is 16.6. The molecule has 0 spiro atoms. The first-order valence-corrected chi connectivity index (χ1v) is 9.59. The van der Waals surface area contributed by atoms with Gasteiger partial charge in [0.15, 0.2) is 11.5 Å². The number of rotatable bonds is 5. The van der Waals surface area contributed by atoms with Crippen LogP contribution in [-0.4, -0.2) is 40.2 Å². The van der Waals surface area contributed by atoms with Gasteiger partial charge in [0.2, 0.25) is 18.1 Å². The molecule has 0 aliphatic carbocycles. The smallest absolute Gasteiger partial charge is 0.231 e. The number of hydrogen-bond acceptors (Lipinski definition) is 5. The van der Waals surface area contributed by atoms with Crippen LogP contribution < -0.4 is 19.1 Å². The Morgan fingerprint density at radius 1 is 1.28 bits per heavy atom. The molecule has 0 bridgehead atoms. The van der Waals surface area contributed by atoms with Crippen LogP contribution in [0.1, 0.15) is 19.3 Å². The summed E-state index contributed by atoms with van der Waals surface area (Å²) in [5, 5.41) is 1.09. The van der Waals surface area contributed by atoms with Gasteiger partial charge in [-0.05, 0) is 37.3 Å². The summed E-state index contributed by atoms with van der Waals surface area (Å²) in [5.41, 5.74) is 2.09. The van der Waals surface area contributed by atoms with E-state index >= 15 is 0 Å². The van der Waals surface area contributed by atoms with Crippen LogP contribution in [-0.2, 0) is 11.3 Å². The van der Waals surface area contributed by atoms with E-state index in [4.69, 9.17) is 14.0 Å². The maximum atomic E-state index is 10.6. The van der Waals surface area contributed by atoms with Crippen LogP contribution in [0, 0.1) is 5.92 Å². The summed E-state index contributed by atoms with van der Waals surface area (Å²) < 4.78 is 32.9. The molecule has 1 atom stereocenters. The van der Waals surface area contributed by atoms with E-state index in [1.165, 1.54) is 5.69 Å². The van der Waals surface area contributed by atoms with Crippen LogP contribution in [0.4, 0.5) is 5.69 Å². The van der Waals surface area contributed by atoms with Gasteiger partial charge in [-0.2, -0.15) is 0 Å². The van der Waals surface area contributed by atoms with Gasteiger partial charge in [-0.1, -0.05) is 0 Å². The van der Waals surface area contributed by atoms with Crippen LogP contribution in [0.3, 0.4) is 0 Å². The number of piperidine rings is 1. The summed E-state index contributed by atoms with van der Waals surface area (Å²) in [6, 6.07) is 6.02. The summed E-state index contributed by atoms with van der Waals surface area (Å²) in [7, 11) is 0. The van der Waals surface area contributed by atoms with Crippen LogP contribution >= 0.6 is 0 Å². The van der Waals surface area contributed by atoms with Crippen molar-refractivity contribution < 1.29 is 18.2 Å². The fraction of sp³-hybridized carbons (Fsp3) is 0.471. The SMILES string of the molecule is O=S(O)NCCC1CCN(c2ccnc3cc4c(cc23)OCO4)CC1. The number of fused-ring (bicyclic) bond motifs is 2. The molecule has 1 fully saturated rings. The molecule has 0 amide bonds. The van der Waals surface area contributed by atoms with Gasteiger partial charge in [0, 0.05) is 43.0 Å². The van der Waals surface area contributed by atoms with Crippen LogP contribution in [0.2, 0.25) is 0 Å². The monoisotopic (exact) mass is 363 g/mol. The second kappa shape index (κ2) is 7.15. The molecule has 4 rings (SSSR count). The van der Waals surface area contributed by atoms with Gasteiger partial charge in [-0.25, -0.2) is 8.93 Å². The van der Waals surface area contributed by atoms with E-state index in [2.05, 4.69) is 20.7 Å². The molecule has 3 heterocycles. The Morgan fingerprint density at radius 3 is 2.80 bits per heavy atom. The van der Waals surface area contributed by atoms with Gasteiger partial charge < -0.3 is 14.4 Å². The zero-order chi connectivity index (χ0) is 17.2. The third-order valence-electron chi connectivity index (χ3n) is 4.95. The first-order chi connectivity index (χ1) is 12.2. The molecule has 1 aromatic carbocycles. The van der Waals surface area contributed by atoms with Crippen molar-refractivity contribution in [3.8, 4) is 11.5 Å². The average molecular weight is 363 g/mol. The number of nitrogens with one attached hydrogen (secondary N) is 1. The van der Waals surface area contributed by atoms with E-state index in [1.54, 1.807) is 0 Å². The minimum atomic E-state index is -1.91. The van der Waals surface area contributed by atoms with E-state index in [1.807, 2.05) is 18.3 Å². The van der Waals surface area contributed by atoms with Gasteiger partial charge in [-0.15, -0.1) is 0 Å². The van der Waals surface area contributed by atoms with Gasteiger partial charge in [-0.3, -0.25) is 9.54 Å². The predicted molar refractivity (Wildman–Crippen MR) is 96.2 cm³/mol. The van der Waals surface area contributed by atoms with Crippen molar-refractivity contribution in [1.82, 2.24) is 9.71 Å². The lowest BCUT2D eigenvalue weighted by atomic mass is 9.93. The number of nitrogens with zero attached hydrogens (tertiary/aromatic N) is 2. The lowest BCUT2D eigenvalue weighted by molar-refractivity contribution is 0.174. The molecular formula is C17H21N3O4S. The number of aromatic nitrogens is 1. The highest BCUT2D eigenvalue weighted by Gasteiger charge is 2.22. The van der Waals surface area contributed by atoms with Gasteiger partial charge in [0.1, 0.15) is 0 Å². The molecule has 1 saturated heterocycles. The summed E-state index contributed by atoms with van der Waals surface area (Å²) in [6.07, 6.45) is 4.92. The Morgan fingerprint density at radius 2 is 2.04 bits per heavy atom. The third-order valence-corrected chi connectivity index (χ3v) is 5.40. The van der Waals surface area contributed by atoms with Crippen LogP contribution in [0.25, 0.3) is 10.9 Å². The number of benzene rings is 1. The highest BCUT2D eigenvalue weighted by atomic mass is 32.2. The molecule has 1 unspecified atom stereocenters. The molecular weight excluding hydrogens is 342 g/mol. The summed E-state index contributed by atoms with van der Waals surface area (Å²) in [5.74, 6) is 2.12. The van der Waals surface area contributed by atoms with E-state index in [0.29, 0.717) is 12.5 Å². The Balaban J connectivity index is 1.47. The van der Waals surface area contributed by atoms with Crippen molar-refractivity contribution in [2.45, 2.75) is 19.3 Å². The van der Waals surface area contributed by atoms with Gasteiger partial charge >= 0.3 is 0 Å². The van der Waals surface area contributed by atoms with Crippen molar-refractivity contribution in [3.63, 3.8) is 0 Å². The molecule has 8 heteroatoms. The number of pyridine rings is 1. The molecule has 134 valence electrons. The fourth-order valence-corrected chi connectivity index (χ4v) is 3.90. The van der Waals surface area contributed by atoms with Gasteiger partial charge in [0.25, 0.3) is 0 Å². The lowest BCUT2D eigenvalue weighted by Gasteiger charge is -2.34. The molecule has 2 N–H and O–H groups in total. The molecule has 2 aliphatic heterocycles. The zero-order valence-electron chi connectivity index (χ0n) is 13.8. The highest BCUT2D eigenvalue weighted by Crippen LogP contribution is 2.39. The van der Waals surface area contributed by atoms with Crippen molar-refractivity contribution in [3.05, 3.63) is 24.4 Å². The second-order valence-electron chi connectivity index (χ2n) is 6.42. The van der Waals surface area contributed by atoms with E-state index in [0.717, 1.165) is 54.8 Å². The fourth-order valence-electron chi connectivity index (χ4n) is 3.61. The van der Waals surface area contributed by atoms with E-state index in [9.17, 15) is 4.21 Å². The molecule has 0 saturated carbocycles. The maximum absolute atomic E-state index is 10.6. The lowest BCUT2D eigenvalue weighted by Crippen LogP contribution is -2.34. The topological polar surface area (TPSA) is 83.9 Å². The zero-order valence-corrected chi connectivity index (χ0v) is 14.6. The minimum absolute atomic E-state index is 0.263. The predicted octanol–water partition coefficient (Wildman–Crippen LogP) is 2.30. The molecule has 7 nitrogen and oxygen atoms in total. The second-order valence-corrected chi connectivity index (χ2v) is 7.20. The number of ether oxygens (including phenoxy) is 2. The average Bonchev–Trinajstić information content (AvgIpc) is 3.07. The summed E-state index contributed by atoms with van der Waals surface area (Å²) >= 11 is -1.91. The van der Waals surface area contributed by atoms with Crippen LogP contribution in [0.5, 0.6) is 11.5 Å². The Bertz CT molecular complexity index is 793. The molecule has 2 aromatic rings. The molecule has 2 aliphatic rings. The third kappa shape index (κ3) is 3.56. The maximum Gasteiger partial charge on any atom is 0.231 e. The summed E-state index contributed by atoms with van der Waals surface area (Å²) in [6.45, 7) is 2.79. The standard InChI is InChI=1S/C17H21N3O4S/c21-25(22)19-6-1-12-3-7-20(8-4-12)15-2-5-18-14-10-17-16(9-13(14)15)23-11-24-17/h2,5,9-10,12,19H,1,3-4,6-8,11H2,(H,21,22). The Kier molecular flexibility index (Phi) is 4.74. The van der Waals surface area contributed by atoms with E-state index < -0.39 is 11.3 Å². The Labute approximate surface area is 148 Å². The summed E-state index contributed by atoms with van der Waals surface area (Å²) in [4.78, 5) is 6.85. The minimum Gasteiger partial charge on any atom is -0.454 e. The van der Waals surface area contributed by atoms with Crippen molar-refractivity contribution >= 4 is 27.9 Å². The van der Waals surface area contributed by atoms with Crippen molar-refractivity contribution in [2.75, 3.05) is 31.3 Å². The Hall–Kier alpha value is -1.90. The first-order valence-electron chi connectivity index (χ1n) is 8.48. The molecule has 1 aromatic heterocycles. The largest absolute Gasteiger partial charge is 0.454 e. The van der Waals surface area contributed by atoms with Crippen LogP contribution in [0.15, 0.2) is 24.4 Å². The van der Waals surface area contributed by atoms with Crippen molar-refractivity contribution in [2.24, 2.45) is 5.92 Å². The van der Waals surface area contributed by atoms with Crippen molar-refractivity contribution in [1.29, 1.82) is 0 Å². The quantitative estimate of drug-likeness (QED) is 0.793. The van der Waals surface area contributed by atoms with E-state index in [-0.39, 0.29) is 6.79 Å². The highest BCUT2D eigenvalue weighted by molar-refractivity contribution is 7.77. The number of hydrogen-bond donors (Lipinski definition) is 2.